The number of carbonyl (C=O) groups is 3. The van der Waals surface area contributed by atoms with Crippen molar-refractivity contribution >= 4 is 17.9 Å². The highest BCUT2D eigenvalue weighted by molar-refractivity contribution is 5.71. The molecule has 0 aromatic carbocycles. The molecule has 0 saturated heterocycles. The number of allylic oxidation sites excluding steroid dienone is 14. The Morgan fingerprint density at radius 2 is 0.513 bits per heavy atom. The summed E-state index contributed by atoms with van der Waals surface area (Å²) >= 11 is 0. The highest BCUT2D eigenvalue weighted by Gasteiger charge is 2.19. The van der Waals surface area contributed by atoms with Crippen LogP contribution in [0, 0.1) is 0 Å². The first kappa shape index (κ1) is 72.6. The van der Waals surface area contributed by atoms with Gasteiger partial charge >= 0.3 is 17.9 Å². The fourth-order valence-electron chi connectivity index (χ4n) is 9.32. The minimum atomic E-state index is -0.805. The van der Waals surface area contributed by atoms with E-state index in [-0.39, 0.29) is 37.5 Å². The minimum Gasteiger partial charge on any atom is -0.462 e. The Hall–Kier alpha value is -3.41. The number of unbranched alkanes of at least 4 members (excludes halogenated alkanes) is 34. The van der Waals surface area contributed by atoms with Gasteiger partial charge in [0.1, 0.15) is 13.2 Å². The molecule has 1 atom stereocenters. The summed E-state index contributed by atoms with van der Waals surface area (Å²) in [5.74, 6) is -0.944. The van der Waals surface area contributed by atoms with Crippen LogP contribution in [-0.2, 0) is 28.6 Å². The van der Waals surface area contributed by atoms with Gasteiger partial charge in [0.05, 0.1) is 0 Å². The minimum absolute atomic E-state index is 0.0958. The molecule has 0 fully saturated rings. The Balaban J connectivity index is 4.30. The number of carbonyl (C=O) groups excluding carboxylic acids is 3. The lowest BCUT2D eigenvalue weighted by molar-refractivity contribution is -0.167. The van der Waals surface area contributed by atoms with E-state index in [0.29, 0.717) is 19.3 Å². The predicted octanol–water partition coefficient (Wildman–Crippen LogP) is 22.3. The maximum atomic E-state index is 12.9. The largest absolute Gasteiger partial charge is 0.462 e. The monoisotopic (exact) mass is 1060 g/mol. The highest BCUT2D eigenvalue weighted by atomic mass is 16.6. The third-order valence-electron chi connectivity index (χ3n) is 14.2. The number of hydrogen-bond donors (Lipinski definition) is 0. The van der Waals surface area contributed by atoms with Crippen LogP contribution in [0.2, 0.25) is 0 Å². The number of esters is 3. The molecular formula is C70H122O6. The van der Waals surface area contributed by atoms with Crippen molar-refractivity contribution in [2.45, 2.75) is 329 Å². The summed E-state index contributed by atoms with van der Waals surface area (Å²) in [6, 6.07) is 0. The van der Waals surface area contributed by atoms with E-state index in [4.69, 9.17) is 14.2 Å². The van der Waals surface area contributed by atoms with Gasteiger partial charge in [0, 0.05) is 19.3 Å². The maximum Gasteiger partial charge on any atom is 0.306 e. The summed E-state index contributed by atoms with van der Waals surface area (Å²) in [5.41, 5.74) is 0. The molecule has 0 aromatic heterocycles. The molecule has 0 aliphatic carbocycles. The quantitative estimate of drug-likeness (QED) is 0.0261. The van der Waals surface area contributed by atoms with E-state index < -0.39 is 6.10 Å². The number of ether oxygens (including phenoxy) is 3. The summed E-state index contributed by atoms with van der Waals surface area (Å²) in [7, 11) is 0. The van der Waals surface area contributed by atoms with E-state index >= 15 is 0 Å². The first-order valence-corrected chi connectivity index (χ1v) is 32.6. The molecule has 0 aliphatic rings. The van der Waals surface area contributed by atoms with Crippen LogP contribution in [0.25, 0.3) is 0 Å². The van der Waals surface area contributed by atoms with Crippen molar-refractivity contribution in [1.82, 2.24) is 0 Å². The Labute approximate surface area is 471 Å². The van der Waals surface area contributed by atoms with E-state index in [1.165, 1.54) is 186 Å². The summed E-state index contributed by atoms with van der Waals surface area (Å²) in [5, 5.41) is 0. The molecule has 0 N–H and O–H groups in total. The molecule has 438 valence electrons. The van der Waals surface area contributed by atoms with Crippen LogP contribution in [0.4, 0.5) is 0 Å². The van der Waals surface area contributed by atoms with Crippen LogP contribution in [0.15, 0.2) is 85.1 Å². The Morgan fingerprint density at radius 3 is 0.789 bits per heavy atom. The van der Waals surface area contributed by atoms with Crippen LogP contribution >= 0.6 is 0 Å². The Morgan fingerprint density at radius 1 is 0.276 bits per heavy atom. The fraction of sp³-hybridized carbons (Fsp3) is 0.757. The maximum absolute atomic E-state index is 12.9. The highest BCUT2D eigenvalue weighted by Crippen LogP contribution is 2.17. The zero-order chi connectivity index (χ0) is 55.0. The Kier molecular flexibility index (Phi) is 61.2. The van der Waals surface area contributed by atoms with E-state index in [0.717, 1.165) is 89.9 Å². The van der Waals surface area contributed by atoms with Gasteiger partial charge in [0.25, 0.3) is 0 Å². The van der Waals surface area contributed by atoms with Gasteiger partial charge in [0.2, 0.25) is 0 Å². The van der Waals surface area contributed by atoms with Gasteiger partial charge in [-0.2, -0.15) is 0 Å². The van der Waals surface area contributed by atoms with Gasteiger partial charge in [-0.1, -0.05) is 318 Å². The molecule has 6 nitrogen and oxygen atoms in total. The second kappa shape index (κ2) is 64.1. The average Bonchev–Trinajstić information content (AvgIpc) is 3.42. The molecular weight excluding hydrogens is 937 g/mol. The molecule has 76 heavy (non-hydrogen) atoms. The van der Waals surface area contributed by atoms with Crippen LogP contribution in [0.3, 0.4) is 0 Å². The fourth-order valence-corrected chi connectivity index (χ4v) is 9.32. The molecule has 6 heteroatoms. The first-order chi connectivity index (χ1) is 37.5. The van der Waals surface area contributed by atoms with Gasteiger partial charge < -0.3 is 14.2 Å². The molecule has 0 spiro atoms. The SMILES string of the molecule is CC/C=C\C/C=C\C/C=C\C/C=C\C/C=C\C/C=C\C/C=C\CCCC(=O)OC(COC(=O)CCCCCCCCCCCC)COC(=O)CCCCCCCCCCCCCCCCCCCCCCCCCCC. The van der Waals surface area contributed by atoms with E-state index in [2.05, 4.69) is 106 Å². The van der Waals surface area contributed by atoms with Crippen LogP contribution in [0.1, 0.15) is 323 Å². The summed E-state index contributed by atoms with van der Waals surface area (Å²) < 4.78 is 16.8. The first-order valence-electron chi connectivity index (χ1n) is 32.6. The van der Waals surface area contributed by atoms with Crippen molar-refractivity contribution in [2.75, 3.05) is 13.2 Å². The van der Waals surface area contributed by atoms with Gasteiger partial charge in [-0.25, -0.2) is 0 Å². The van der Waals surface area contributed by atoms with Crippen molar-refractivity contribution in [3.05, 3.63) is 85.1 Å². The van der Waals surface area contributed by atoms with E-state index in [1.54, 1.807) is 0 Å². The summed E-state index contributed by atoms with van der Waals surface area (Å²) in [6.45, 7) is 6.51. The lowest BCUT2D eigenvalue weighted by Gasteiger charge is -2.18. The van der Waals surface area contributed by atoms with E-state index in [1.807, 2.05) is 0 Å². The van der Waals surface area contributed by atoms with Crippen molar-refractivity contribution in [1.29, 1.82) is 0 Å². The second-order valence-electron chi connectivity index (χ2n) is 21.7. The van der Waals surface area contributed by atoms with E-state index in [9.17, 15) is 14.4 Å². The zero-order valence-electron chi connectivity index (χ0n) is 50.3. The number of hydrogen-bond acceptors (Lipinski definition) is 6. The lowest BCUT2D eigenvalue weighted by Crippen LogP contribution is -2.30. The van der Waals surface area contributed by atoms with Crippen molar-refractivity contribution in [3.8, 4) is 0 Å². The molecule has 0 aliphatic heterocycles. The standard InChI is InChI=1S/C70H122O6/c1-4-7-10-13-16-19-22-24-26-28-30-32-34-35-37-38-40-42-44-46-48-51-54-57-60-63-69(72)75-66-67(65-74-68(71)62-59-56-53-50-21-18-15-12-9-6-3)76-70(73)64-61-58-55-52-49-47-45-43-41-39-36-33-31-29-27-25-23-20-17-14-11-8-5-2/h8,11,17,20,25,27,31,33,39,41,45,47,52,55,67H,4-7,9-10,12-16,18-19,21-24,26,28-30,32,34-38,40,42-44,46,48-51,53-54,56-66H2,1-3H3/b11-8-,20-17-,27-25-,33-31-,41-39-,47-45-,55-52-. The molecule has 0 aromatic rings. The van der Waals surface area contributed by atoms with Gasteiger partial charge in [0.15, 0.2) is 6.10 Å². The van der Waals surface area contributed by atoms with Crippen LogP contribution in [0.5, 0.6) is 0 Å². The summed E-state index contributed by atoms with van der Waals surface area (Å²) in [4.78, 5) is 38.2. The topological polar surface area (TPSA) is 78.9 Å². The molecule has 1 unspecified atom stereocenters. The third kappa shape index (κ3) is 61.4. The molecule has 0 radical (unpaired) electrons. The molecule has 0 amide bonds. The molecule has 0 bridgehead atoms. The van der Waals surface area contributed by atoms with Crippen molar-refractivity contribution in [2.24, 2.45) is 0 Å². The molecule has 0 heterocycles. The average molecular weight is 1060 g/mol. The normalized spacial score (nSPS) is 12.6. The van der Waals surface area contributed by atoms with Crippen LogP contribution < -0.4 is 0 Å². The third-order valence-corrected chi connectivity index (χ3v) is 14.2. The van der Waals surface area contributed by atoms with Gasteiger partial charge in [-0.3, -0.25) is 14.4 Å². The number of rotatable bonds is 59. The summed E-state index contributed by atoms with van der Waals surface area (Å²) in [6.07, 6.45) is 84.7. The smallest absolute Gasteiger partial charge is 0.306 e. The molecule has 0 saturated carbocycles. The van der Waals surface area contributed by atoms with Gasteiger partial charge in [-0.05, 0) is 70.6 Å². The molecule has 0 rings (SSSR count). The Bertz CT molecular complexity index is 1450. The predicted molar refractivity (Wildman–Crippen MR) is 330 cm³/mol. The van der Waals surface area contributed by atoms with Crippen molar-refractivity contribution in [3.63, 3.8) is 0 Å². The zero-order valence-corrected chi connectivity index (χ0v) is 50.3. The van der Waals surface area contributed by atoms with Crippen molar-refractivity contribution < 1.29 is 28.6 Å². The van der Waals surface area contributed by atoms with Gasteiger partial charge in [-0.15, -0.1) is 0 Å². The lowest BCUT2D eigenvalue weighted by atomic mass is 10.0. The second-order valence-corrected chi connectivity index (χ2v) is 21.7. The van der Waals surface area contributed by atoms with Crippen LogP contribution in [-0.4, -0.2) is 37.2 Å².